The molecule has 0 N–H and O–H groups in total. The van der Waals surface area contributed by atoms with E-state index in [2.05, 4.69) is 5.10 Å². The summed E-state index contributed by atoms with van der Waals surface area (Å²) in [4.78, 5) is 27.0. The lowest BCUT2D eigenvalue weighted by Crippen LogP contribution is -2.37. The predicted octanol–water partition coefficient (Wildman–Crippen LogP) is 2.13. The van der Waals surface area contributed by atoms with Crippen LogP contribution in [0.2, 0.25) is 0 Å². The van der Waals surface area contributed by atoms with Crippen molar-refractivity contribution in [1.82, 2.24) is 19.2 Å². The normalized spacial score (nSPS) is 14.0. The summed E-state index contributed by atoms with van der Waals surface area (Å²) in [5.74, 6) is 0.748. The zero-order valence-corrected chi connectivity index (χ0v) is 15.1. The Balaban J connectivity index is 1.74. The first-order valence-corrected chi connectivity index (χ1v) is 9.09. The van der Waals surface area contributed by atoms with Crippen LogP contribution >= 0.6 is 0 Å². The van der Waals surface area contributed by atoms with E-state index in [9.17, 15) is 9.59 Å². The molecule has 0 fully saturated rings. The highest BCUT2D eigenvalue weighted by Gasteiger charge is 2.20. The lowest BCUT2D eigenvalue weighted by atomic mass is 10.1. The van der Waals surface area contributed by atoms with Gasteiger partial charge in [0.15, 0.2) is 0 Å². The highest BCUT2D eigenvalue weighted by atomic mass is 16.2. The molecular weight excluding hydrogens is 316 g/mol. The third-order valence-electron chi connectivity index (χ3n) is 4.92. The zero-order chi connectivity index (χ0) is 17.8. The van der Waals surface area contributed by atoms with Gasteiger partial charge in [-0.2, -0.15) is 5.10 Å². The third kappa shape index (κ3) is 3.83. The fraction of sp³-hybridized carbons (Fsp3) is 0.526. The van der Waals surface area contributed by atoms with Gasteiger partial charge in [0.05, 0.1) is 0 Å². The van der Waals surface area contributed by atoms with Gasteiger partial charge in [-0.05, 0) is 37.8 Å². The largest absolute Gasteiger partial charge is 0.346 e. The molecule has 3 rings (SSSR count). The molecule has 0 aliphatic carbocycles. The average Bonchev–Trinajstić information content (AvgIpc) is 2.78. The molecule has 0 saturated carbocycles. The van der Waals surface area contributed by atoms with E-state index in [1.807, 2.05) is 38.1 Å². The molecule has 2 heterocycles. The molecule has 6 heteroatoms. The first-order chi connectivity index (χ1) is 12.1. The predicted molar refractivity (Wildman–Crippen MR) is 96.3 cm³/mol. The lowest BCUT2D eigenvalue weighted by Gasteiger charge is -2.21. The Morgan fingerprint density at radius 2 is 2.04 bits per heavy atom. The molecule has 0 bridgehead atoms. The van der Waals surface area contributed by atoms with Crippen LogP contribution in [0.1, 0.15) is 43.1 Å². The Kier molecular flexibility index (Phi) is 5.36. The molecule has 25 heavy (non-hydrogen) atoms. The van der Waals surface area contributed by atoms with E-state index in [0.717, 1.165) is 37.1 Å². The molecule has 1 aromatic heterocycles. The van der Waals surface area contributed by atoms with Crippen LogP contribution in [0.15, 0.2) is 29.1 Å². The summed E-state index contributed by atoms with van der Waals surface area (Å²) in [7, 11) is 0. The van der Waals surface area contributed by atoms with Gasteiger partial charge in [0.2, 0.25) is 5.91 Å². The molecule has 0 unspecified atom stereocenters. The summed E-state index contributed by atoms with van der Waals surface area (Å²) in [5, 5.41) is 4.41. The monoisotopic (exact) mass is 342 g/mol. The summed E-state index contributed by atoms with van der Waals surface area (Å²) >= 11 is 0. The minimum Gasteiger partial charge on any atom is -0.337 e. The van der Waals surface area contributed by atoms with Crippen molar-refractivity contribution < 1.29 is 4.79 Å². The molecule has 0 radical (unpaired) electrons. The average molecular weight is 342 g/mol. The van der Waals surface area contributed by atoms with Gasteiger partial charge in [-0.3, -0.25) is 9.36 Å². The highest BCUT2D eigenvalue weighted by molar-refractivity contribution is 5.75. The molecule has 0 saturated heterocycles. The van der Waals surface area contributed by atoms with Crippen LogP contribution in [0.4, 0.5) is 0 Å². The van der Waals surface area contributed by atoms with Crippen LogP contribution in [0.25, 0.3) is 0 Å². The molecule has 1 aliphatic heterocycles. The van der Waals surface area contributed by atoms with Gasteiger partial charge >= 0.3 is 5.69 Å². The number of hydrogen-bond donors (Lipinski definition) is 0. The molecular formula is C19H26N4O2. The van der Waals surface area contributed by atoms with Crippen molar-refractivity contribution >= 4 is 5.91 Å². The molecule has 1 aliphatic rings. The standard InChI is InChI=1S/C19H26N4O2/c1-3-21(13-16-10-7-6-9-15(16)2)18(24)14-23-19(25)22-12-8-4-5-11-17(22)20-23/h6-7,9-10H,3-5,8,11-14H2,1-2H3. The van der Waals surface area contributed by atoms with E-state index in [0.29, 0.717) is 19.6 Å². The van der Waals surface area contributed by atoms with Crippen LogP contribution < -0.4 is 5.69 Å². The van der Waals surface area contributed by atoms with Gasteiger partial charge in [0.25, 0.3) is 0 Å². The second kappa shape index (κ2) is 7.68. The molecule has 134 valence electrons. The Bertz CT molecular complexity index is 806. The number of carbonyl (C=O) groups is 1. The van der Waals surface area contributed by atoms with E-state index in [1.165, 1.54) is 10.2 Å². The van der Waals surface area contributed by atoms with Gasteiger partial charge in [0, 0.05) is 26.1 Å². The first-order valence-electron chi connectivity index (χ1n) is 9.09. The summed E-state index contributed by atoms with van der Waals surface area (Å²) in [5.41, 5.74) is 2.14. The van der Waals surface area contributed by atoms with E-state index in [-0.39, 0.29) is 18.1 Å². The maximum absolute atomic E-state index is 12.7. The number of likely N-dealkylation sites (N-methyl/N-ethyl adjacent to an activating group) is 1. The number of benzene rings is 1. The minimum absolute atomic E-state index is 0.0125. The maximum atomic E-state index is 12.7. The van der Waals surface area contributed by atoms with Crippen LogP contribution in [0, 0.1) is 6.92 Å². The lowest BCUT2D eigenvalue weighted by molar-refractivity contribution is -0.132. The summed E-state index contributed by atoms with van der Waals surface area (Å²) < 4.78 is 3.07. The highest BCUT2D eigenvalue weighted by Crippen LogP contribution is 2.12. The van der Waals surface area contributed by atoms with Crippen molar-refractivity contribution in [3.63, 3.8) is 0 Å². The molecule has 1 aromatic carbocycles. The zero-order valence-electron chi connectivity index (χ0n) is 15.1. The van der Waals surface area contributed by atoms with Gasteiger partial charge < -0.3 is 4.90 Å². The van der Waals surface area contributed by atoms with Gasteiger partial charge in [-0.15, -0.1) is 0 Å². The van der Waals surface area contributed by atoms with Crippen LogP contribution in [0.5, 0.6) is 0 Å². The van der Waals surface area contributed by atoms with Crippen molar-refractivity contribution in [3.05, 3.63) is 51.7 Å². The molecule has 0 spiro atoms. The fourth-order valence-corrected chi connectivity index (χ4v) is 3.33. The van der Waals surface area contributed by atoms with Crippen molar-refractivity contribution in [2.75, 3.05) is 6.54 Å². The van der Waals surface area contributed by atoms with E-state index in [1.54, 1.807) is 9.47 Å². The number of aromatic nitrogens is 3. The summed E-state index contributed by atoms with van der Waals surface area (Å²) in [6.07, 6.45) is 4.00. The van der Waals surface area contributed by atoms with Crippen molar-refractivity contribution in [1.29, 1.82) is 0 Å². The smallest absolute Gasteiger partial charge is 0.337 e. The quantitative estimate of drug-likeness (QED) is 0.836. The Morgan fingerprint density at radius 1 is 1.24 bits per heavy atom. The Hall–Kier alpha value is -2.37. The van der Waals surface area contributed by atoms with E-state index >= 15 is 0 Å². The Morgan fingerprint density at radius 3 is 2.80 bits per heavy atom. The molecule has 6 nitrogen and oxygen atoms in total. The summed E-state index contributed by atoms with van der Waals surface area (Å²) in [6.45, 7) is 5.90. The second-order valence-electron chi connectivity index (χ2n) is 6.65. The van der Waals surface area contributed by atoms with Crippen molar-refractivity contribution in [2.45, 2.75) is 59.2 Å². The fourth-order valence-electron chi connectivity index (χ4n) is 3.33. The SMILES string of the molecule is CCN(Cc1ccccc1C)C(=O)Cn1nc2n(c1=O)CCCCC2. The van der Waals surface area contributed by atoms with Crippen LogP contribution in [-0.4, -0.2) is 31.7 Å². The molecule has 0 atom stereocenters. The van der Waals surface area contributed by atoms with E-state index < -0.39 is 0 Å². The van der Waals surface area contributed by atoms with Crippen LogP contribution in [-0.2, 0) is 30.8 Å². The number of amides is 1. The third-order valence-corrected chi connectivity index (χ3v) is 4.92. The van der Waals surface area contributed by atoms with Crippen molar-refractivity contribution in [2.24, 2.45) is 0 Å². The van der Waals surface area contributed by atoms with E-state index in [4.69, 9.17) is 0 Å². The topological polar surface area (TPSA) is 60.1 Å². The number of nitrogens with zero attached hydrogens (tertiary/aromatic N) is 4. The van der Waals surface area contributed by atoms with Crippen molar-refractivity contribution in [3.8, 4) is 0 Å². The summed E-state index contributed by atoms with van der Waals surface area (Å²) in [6, 6.07) is 8.06. The number of fused-ring (bicyclic) bond motifs is 1. The number of rotatable bonds is 5. The molecule has 1 amide bonds. The maximum Gasteiger partial charge on any atom is 0.346 e. The number of hydrogen-bond acceptors (Lipinski definition) is 3. The number of carbonyl (C=O) groups excluding carboxylic acids is 1. The Labute approximate surface area is 148 Å². The van der Waals surface area contributed by atoms with Gasteiger partial charge in [-0.1, -0.05) is 30.7 Å². The van der Waals surface area contributed by atoms with Crippen LogP contribution in [0.3, 0.4) is 0 Å². The van der Waals surface area contributed by atoms with Gasteiger partial charge in [0.1, 0.15) is 12.4 Å². The van der Waals surface area contributed by atoms with Gasteiger partial charge in [-0.25, -0.2) is 9.48 Å². The molecule has 2 aromatic rings. The minimum atomic E-state index is -0.155. The second-order valence-corrected chi connectivity index (χ2v) is 6.65. The number of aryl methyl sites for hydroxylation is 2. The first kappa shape index (κ1) is 17.5.